The van der Waals surface area contributed by atoms with Crippen LogP contribution in [0.25, 0.3) is 0 Å². The number of aryl methyl sites for hydroxylation is 1. The fraction of sp³-hybridized carbons (Fsp3) is 0.435. The van der Waals surface area contributed by atoms with E-state index in [-0.39, 0.29) is 17.3 Å². The molecule has 2 rings (SSSR count). The zero-order valence-electron chi connectivity index (χ0n) is 17.9. The van der Waals surface area contributed by atoms with Gasteiger partial charge in [-0.3, -0.25) is 9.10 Å². The average molecular weight is 451 g/mol. The van der Waals surface area contributed by atoms with Crippen LogP contribution < -0.4 is 9.62 Å². The summed E-state index contributed by atoms with van der Waals surface area (Å²) in [6, 6.07) is 13.2. The molecule has 0 radical (unpaired) electrons. The largest absolute Gasteiger partial charge is 0.354 e. The van der Waals surface area contributed by atoms with E-state index in [4.69, 9.17) is 11.6 Å². The van der Waals surface area contributed by atoms with Gasteiger partial charge in [-0.1, -0.05) is 69.0 Å². The number of benzene rings is 2. The van der Waals surface area contributed by atoms with Gasteiger partial charge in [-0.05, 0) is 49.1 Å². The molecule has 30 heavy (non-hydrogen) atoms. The van der Waals surface area contributed by atoms with Gasteiger partial charge in [0.25, 0.3) is 10.0 Å². The number of nitrogens with one attached hydrogen (secondary N) is 1. The monoisotopic (exact) mass is 450 g/mol. The lowest BCUT2D eigenvalue weighted by Gasteiger charge is -2.26. The van der Waals surface area contributed by atoms with Crippen LogP contribution in [0.2, 0.25) is 5.02 Å². The molecule has 0 aromatic heterocycles. The van der Waals surface area contributed by atoms with Gasteiger partial charge in [0.15, 0.2) is 0 Å². The lowest BCUT2D eigenvalue weighted by atomic mass is 9.99. The molecule has 7 heteroatoms. The normalized spacial score (nSPS) is 12.4. The second kappa shape index (κ2) is 11.4. The summed E-state index contributed by atoms with van der Waals surface area (Å²) in [6.07, 6.45) is 4.25. The van der Waals surface area contributed by atoms with E-state index in [1.165, 1.54) is 12.1 Å². The number of carbonyl (C=O) groups is 1. The summed E-state index contributed by atoms with van der Waals surface area (Å²) in [4.78, 5) is 12.9. The number of rotatable bonds is 11. The second-order valence-corrected chi connectivity index (χ2v) is 9.77. The van der Waals surface area contributed by atoms with Crippen molar-refractivity contribution >= 4 is 33.2 Å². The minimum atomic E-state index is -3.93. The Morgan fingerprint density at radius 2 is 1.83 bits per heavy atom. The van der Waals surface area contributed by atoms with Crippen molar-refractivity contribution in [1.29, 1.82) is 0 Å². The Balaban J connectivity index is 2.29. The van der Waals surface area contributed by atoms with Gasteiger partial charge in [-0.25, -0.2) is 8.42 Å². The zero-order chi connectivity index (χ0) is 22.1. The number of anilines is 1. The van der Waals surface area contributed by atoms with Crippen LogP contribution in [0.3, 0.4) is 0 Å². The Morgan fingerprint density at radius 1 is 1.13 bits per heavy atom. The molecule has 164 valence electrons. The summed E-state index contributed by atoms with van der Waals surface area (Å²) in [5.41, 5.74) is 1.13. The molecule has 0 bridgehead atoms. The summed E-state index contributed by atoms with van der Waals surface area (Å²) in [7, 11) is -3.93. The highest BCUT2D eigenvalue weighted by atomic mass is 35.5. The van der Waals surface area contributed by atoms with Crippen LogP contribution in [0.1, 0.15) is 45.1 Å². The SMILES string of the molecule is CCCC[C@@H](CC)CNC(=O)CN(c1cc(Cl)ccc1C)S(=O)(=O)c1ccccc1. The van der Waals surface area contributed by atoms with E-state index in [0.29, 0.717) is 23.2 Å². The van der Waals surface area contributed by atoms with Crippen molar-refractivity contribution in [2.24, 2.45) is 5.92 Å². The minimum Gasteiger partial charge on any atom is -0.354 e. The molecular weight excluding hydrogens is 420 g/mol. The molecule has 0 heterocycles. The van der Waals surface area contributed by atoms with E-state index in [9.17, 15) is 13.2 Å². The summed E-state index contributed by atoms with van der Waals surface area (Å²) in [6.45, 7) is 6.29. The Hall–Kier alpha value is -2.05. The highest BCUT2D eigenvalue weighted by molar-refractivity contribution is 7.92. The smallest absolute Gasteiger partial charge is 0.264 e. The highest BCUT2D eigenvalue weighted by Gasteiger charge is 2.28. The van der Waals surface area contributed by atoms with Crippen LogP contribution in [-0.2, 0) is 14.8 Å². The number of halogens is 1. The first-order chi connectivity index (χ1) is 14.3. The van der Waals surface area contributed by atoms with Crippen molar-refractivity contribution in [2.75, 3.05) is 17.4 Å². The molecule has 0 aliphatic heterocycles. The molecule has 1 amide bonds. The van der Waals surface area contributed by atoms with E-state index in [2.05, 4.69) is 19.2 Å². The molecule has 2 aromatic carbocycles. The molecule has 1 N–H and O–H groups in total. The lowest BCUT2D eigenvalue weighted by Crippen LogP contribution is -2.42. The predicted octanol–water partition coefficient (Wildman–Crippen LogP) is 5.18. The molecule has 0 aliphatic rings. The molecule has 5 nitrogen and oxygen atoms in total. The van der Waals surface area contributed by atoms with E-state index in [1.807, 2.05) is 0 Å². The minimum absolute atomic E-state index is 0.131. The fourth-order valence-electron chi connectivity index (χ4n) is 3.26. The van der Waals surface area contributed by atoms with Crippen molar-refractivity contribution < 1.29 is 13.2 Å². The first kappa shape index (κ1) is 24.2. The molecular formula is C23H31ClN2O3S. The van der Waals surface area contributed by atoms with Crippen molar-refractivity contribution in [1.82, 2.24) is 5.32 Å². The van der Waals surface area contributed by atoms with Gasteiger partial charge in [0, 0.05) is 11.6 Å². The first-order valence-electron chi connectivity index (χ1n) is 10.4. The molecule has 2 aromatic rings. The van der Waals surface area contributed by atoms with E-state index in [1.54, 1.807) is 43.3 Å². The van der Waals surface area contributed by atoms with Gasteiger partial charge < -0.3 is 5.32 Å². The van der Waals surface area contributed by atoms with Crippen LogP contribution in [0.5, 0.6) is 0 Å². The third-order valence-electron chi connectivity index (χ3n) is 5.19. The molecule has 0 saturated carbocycles. The lowest BCUT2D eigenvalue weighted by molar-refractivity contribution is -0.119. The van der Waals surface area contributed by atoms with E-state index in [0.717, 1.165) is 35.6 Å². The summed E-state index contributed by atoms with van der Waals surface area (Å²) in [5, 5.41) is 3.33. The third-order valence-corrected chi connectivity index (χ3v) is 7.20. The Morgan fingerprint density at radius 3 is 2.47 bits per heavy atom. The summed E-state index contributed by atoms with van der Waals surface area (Å²) >= 11 is 6.14. The van der Waals surface area contributed by atoms with Gasteiger partial charge in [0.05, 0.1) is 10.6 Å². The van der Waals surface area contributed by atoms with Crippen molar-refractivity contribution in [3.05, 3.63) is 59.1 Å². The number of hydrogen-bond acceptors (Lipinski definition) is 3. The van der Waals surface area contributed by atoms with Crippen LogP contribution in [0.15, 0.2) is 53.4 Å². The van der Waals surface area contributed by atoms with Crippen molar-refractivity contribution in [2.45, 2.75) is 51.3 Å². The van der Waals surface area contributed by atoms with Crippen molar-refractivity contribution in [3.63, 3.8) is 0 Å². The van der Waals surface area contributed by atoms with Gasteiger partial charge in [0.2, 0.25) is 5.91 Å². The van der Waals surface area contributed by atoms with E-state index < -0.39 is 10.0 Å². The van der Waals surface area contributed by atoms with Gasteiger partial charge >= 0.3 is 0 Å². The molecule has 0 saturated heterocycles. The Kier molecular flexibility index (Phi) is 9.18. The second-order valence-electron chi connectivity index (χ2n) is 7.48. The fourth-order valence-corrected chi connectivity index (χ4v) is 4.92. The number of carbonyl (C=O) groups excluding carboxylic acids is 1. The number of unbranched alkanes of at least 4 members (excludes halogenated alkanes) is 1. The Bertz CT molecular complexity index is 933. The maximum Gasteiger partial charge on any atom is 0.264 e. The van der Waals surface area contributed by atoms with Gasteiger partial charge in [-0.2, -0.15) is 0 Å². The molecule has 0 aliphatic carbocycles. The van der Waals surface area contributed by atoms with Gasteiger partial charge in [-0.15, -0.1) is 0 Å². The van der Waals surface area contributed by atoms with Gasteiger partial charge in [0.1, 0.15) is 6.54 Å². The maximum absolute atomic E-state index is 13.4. The van der Waals surface area contributed by atoms with Crippen LogP contribution >= 0.6 is 11.6 Å². The summed E-state index contributed by atoms with van der Waals surface area (Å²) < 4.78 is 27.9. The number of amides is 1. The number of sulfonamides is 1. The van der Waals surface area contributed by atoms with Crippen LogP contribution in [0.4, 0.5) is 5.69 Å². The van der Waals surface area contributed by atoms with E-state index >= 15 is 0 Å². The summed E-state index contributed by atoms with van der Waals surface area (Å²) in [5.74, 6) is 0.0600. The van der Waals surface area contributed by atoms with Crippen LogP contribution in [0, 0.1) is 12.8 Å². The zero-order valence-corrected chi connectivity index (χ0v) is 19.5. The topological polar surface area (TPSA) is 66.5 Å². The molecule has 1 atom stereocenters. The highest BCUT2D eigenvalue weighted by Crippen LogP contribution is 2.29. The average Bonchev–Trinajstić information content (AvgIpc) is 2.74. The Labute approximate surface area is 185 Å². The third kappa shape index (κ3) is 6.47. The number of nitrogens with zero attached hydrogens (tertiary/aromatic N) is 1. The number of hydrogen-bond donors (Lipinski definition) is 1. The molecule has 0 unspecified atom stereocenters. The van der Waals surface area contributed by atoms with Crippen molar-refractivity contribution in [3.8, 4) is 0 Å². The quantitative estimate of drug-likeness (QED) is 0.513. The van der Waals surface area contributed by atoms with Crippen LogP contribution in [-0.4, -0.2) is 27.4 Å². The predicted molar refractivity (Wildman–Crippen MR) is 123 cm³/mol. The first-order valence-corrected chi connectivity index (χ1v) is 12.2. The molecule has 0 spiro atoms. The maximum atomic E-state index is 13.4. The standard InChI is InChI=1S/C23H31ClN2O3S/c1-4-6-10-19(5-2)16-25-23(27)17-26(22-15-20(24)14-13-18(22)3)30(28,29)21-11-8-7-9-12-21/h7-9,11-15,19H,4-6,10,16-17H2,1-3H3,(H,25,27)/t19-/m1/s1. The molecule has 0 fully saturated rings.